The van der Waals surface area contributed by atoms with Gasteiger partial charge in [0.2, 0.25) is 53.2 Å². The van der Waals surface area contributed by atoms with E-state index >= 15 is 0 Å². The van der Waals surface area contributed by atoms with E-state index in [0.29, 0.717) is 84.7 Å². The Labute approximate surface area is 821 Å². The second kappa shape index (κ2) is 78.4. The van der Waals surface area contributed by atoms with E-state index in [1.165, 1.54) is 0 Å². The van der Waals surface area contributed by atoms with Crippen LogP contribution >= 0.6 is 0 Å². The average Bonchev–Trinajstić information content (AvgIpc) is 0.841. The number of hydrogen-bond donors (Lipinski definition) is 11. The number of likely N-dealkylation sites (N-methyl/N-ethyl adjacent to an activating group) is 18. The summed E-state index contributed by atoms with van der Waals surface area (Å²) in [7, 11) is 35.1. The molecule has 0 fully saturated rings. The van der Waals surface area contributed by atoms with Crippen LogP contribution in [0.1, 0.15) is 199 Å². The standard InChI is InChI=1S/C38H79N9O4.C32H65N7O4.C30H61N7O4/c1-13-15-16-41-36(50)33(30-35(49)46(11)27-25-44(9)23-21-42(7)19-17-39-5)31-38(3,4)34(48)29-32(14-2)37(51)47(12)28-26-45(10)24-22-43(8)20-18-40-6;1-11-13-14-35-30(42)27(24-29(41)38(9)21-19-36(7)17-15-33-5)25-32(3,4)28(40)23-26(12-2)31(43)39(10)22-20-37(8)18-16-34-6;1-9-11-12-34-29(41)25(22-27(39)33-15-19-36(7)17-13-31-5)23-30(3,4)26(38)21-24(10-2)28(40)35-16-20-37(8)18-14-32-6/h32-33,39-40H,13-31H2,1-12H3,(H,41,50);26-27,33-34H,11-25H2,1-10H3,(H,35,42);24-25,31-32H,9-23H2,1-8H3,(H,33,39)(H,34,41)(H,35,40). The van der Waals surface area contributed by atoms with Crippen LogP contribution in [-0.2, 0) is 57.5 Å². The lowest BCUT2D eigenvalue weighted by atomic mass is 9.75. The summed E-state index contributed by atoms with van der Waals surface area (Å²) >= 11 is 0. The second-order valence-electron chi connectivity index (χ2n) is 39.9. The fourth-order valence-corrected chi connectivity index (χ4v) is 15.0. The van der Waals surface area contributed by atoms with Crippen LogP contribution in [-0.4, -0.2) is 459 Å². The van der Waals surface area contributed by atoms with Crippen LogP contribution in [0.3, 0.4) is 0 Å². The van der Waals surface area contributed by atoms with Gasteiger partial charge in [0.25, 0.3) is 0 Å². The number of carbonyl (C=O) groups excluding carboxylic acids is 12. The number of hydrogen-bond acceptors (Lipinski definition) is 26. The Hall–Kier alpha value is -6.32. The Bertz CT molecular complexity index is 3210. The van der Waals surface area contributed by atoms with Gasteiger partial charge in [0, 0.05) is 321 Å². The van der Waals surface area contributed by atoms with Gasteiger partial charge in [0.1, 0.15) is 17.3 Å². The highest BCUT2D eigenvalue weighted by molar-refractivity contribution is 5.94. The molecule has 6 unspecified atom stereocenters. The molecule has 0 rings (SSSR count). The molecule has 0 aliphatic rings. The summed E-state index contributed by atoms with van der Waals surface area (Å²) in [5.41, 5.74) is -2.60. The van der Waals surface area contributed by atoms with Gasteiger partial charge in [-0.15, -0.1) is 0 Å². The zero-order valence-electron chi connectivity index (χ0n) is 91.4. The Balaban J connectivity index is -0.00000195. The van der Waals surface area contributed by atoms with Crippen molar-refractivity contribution in [2.45, 2.75) is 199 Å². The number of Topliss-reactive ketones (excluding diaryl/α,β-unsaturated/α-hetero) is 3. The first kappa shape index (κ1) is 133. The minimum absolute atomic E-state index is 0.0215. The molecule has 9 amide bonds. The maximum atomic E-state index is 13.8. The normalized spacial score (nSPS) is 13.2. The molecule has 0 heterocycles. The van der Waals surface area contributed by atoms with E-state index in [9.17, 15) is 57.5 Å². The maximum absolute atomic E-state index is 13.8. The minimum Gasteiger partial charge on any atom is -0.356 e. The first-order chi connectivity index (χ1) is 63.7. The van der Waals surface area contributed by atoms with E-state index < -0.39 is 51.8 Å². The molecule has 0 spiro atoms. The number of amides is 9. The van der Waals surface area contributed by atoms with Gasteiger partial charge in [0.05, 0.1) is 0 Å². The van der Waals surface area contributed by atoms with E-state index in [1.54, 1.807) is 40.7 Å². The molecule has 0 bridgehead atoms. The van der Waals surface area contributed by atoms with Crippen molar-refractivity contribution in [2.24, 2.45) is 51.8 Å². The SMILES string of the molecule is CCCCNC(=O)C(CC(=O)N(C)CCN(C)CCN(C)CCNC)CC(C)(C)C(=O)CC(CC)C(=O)N(C)CCN(C)CCN(C)CCNC.CCCCNC(=O)C(CC(=O)N(C)CCN(C)CCNC)CC(C)(C)C(=O)CC(CC)C(=O)N(C)CCN(C)CCNC.CCCCNC(=O)C(CC(=O)NCCN(C)CCNC)CC(C)(C)C(=O)CC(CC)C(=O)NCCN(C)CCNC. The maximum Gasteiger partial charge on any atom is 0.225 e. The van der Waals surface area contributed by atoms with Crippen LogP contribution in [0.5, 0.6) is 0 Å². The Morgan fingerprint density at radius 2 is 0.437 bits per heavy atom. The molecule has 0 aliphatic heterocycles. The van der Waals surface area contributed by atoms with Crippen LogP contribution in [0.15, 0.2) is 0 Å². The van der Waals surface area contributed by atoms with Crippen molar-refractivity contribution in [1.82, 2.24) is 117 Å². The van der Waals surface area contributed by atoms with Crippen molar-refractivity contribution in [3.05, 3.63) is 0 Å². The summed E-state index contributed by atoms with van der Waals surface area (Å²) in [4.78, 5) is 184. The van der Waals surface area contributed by atoms with Gasteiger partial charge >= 0.3 is 0 Å². The van der Waals surface area contributed by atoms with Gasteiger partial charge in [-0.05, 0) is 156 Å². The van der Waals surface area contributed by atoms with Crippen LogP contribution in [0.25, 0.3) is 0 Å². The monoisotopic (exact) mass is 1920 g/mol. The molecule has 0 saturated carbocycles. The Morgan fingerprint density at radius 1 is 0.230 bits per heavy atom. The molecule has 0 aliphatic carbocycles. The zero-order chi connectivity index (χ0) is 103. The quantitative estimate of drug-likeness (QED) is 0.0386. The number of nitrogens with one attached hydrogen (secondary N) is 11. The number of carbonyl (C=O) groups is 12. The van der Waals surface area contributed by atoms with Crippen molar-refractivity contribution in [3.8, 4) is 0 Å². The van der Waals surface area contributed by atoms with Crippen molar-refractivity contribution in [2.75, 3.05) is 330 Å². The van der Waals surface area contributed by atoms with Crippen molar-refractivity contribution in [1.29, 1.82) is 0 Å². The largest absolute Gasteiger partial charge is 0.356 e. The molecule has 35 nitrogen and oxygen atoms in total. The van der Waals surface area contributed by atoms with Gasteiger partial charge in [-0.1, -0.05) is 102 Å². The van der Waals surface area contributed by atoms with E-state index in [1.807, 2.05) is 140 Å². The smallest absolute Gasteiger partial charge is 0.225 e. The summed E-state index contributed by atoms with van der Waals surface area (Å²) in [5, 5.41) is 33.6. The second-order valence-corrected chi connectivity index (χ2v) is 39.9. The van der Waals surface area contributed by atoms with Gasteiger partial charge in [-0.25, -0.2) is 0 Å². The minimum atomic E-state index is -0.878. The van der Waals surface area contributed by atoms with E-state index in [0.717, 1.165) is 176 Å². The highest BCUT2D eigenvalue weighted by atomic mass is 16.2. The number of rotatable bonds is 81. The van der Waals surface area contributed by atoms with E-state index in [-0.39, 0.29) is 128 Å². The lowest BCUT2D eigenvalue weighted by molar-refractivity contribution is -0.141. The molecule has 0 aromatic rings. The molecule has 35 heteroatoms. The number of ketones is 3. The highest BCUT2D eigenvalue weighted by Crippen LogP contribution is 2.36. The molecular formula is C100H205N23O12. The third kappa shape index (κ3) is 63.9. The van der Waals surface area contributed by atoms with Crippen LogP contribution in [0, 0.1) is 51.8 Å². The topological polar surface area (TPSA) is 376 Å². The van der Waals surface area contributed by atoms with Crippen LogP contribution in [0.2, 0.25) is 0 Å². The predicted octanol–water partition coefficient (Wildman–Crippen LogP) is 3.77. The number of unbranched alkanes of at least 4 members (excludes halogenated alkanes) is 3. The summed E-state index contributed by atoms with van der Waals surface area (Å²) in [6, 6.07) is 0. The third-order valence-corrected chi connectivity index (χ3v) is 25.9. The fraction of sp³-hybridized carbons (Fsp3) is 0.880. The average molecular weight is 1920 g/mol. The highest BCUT2D eigenvalue weighted by Gasteiger charge is 2.41. The molecule has 0 radical (unpaired) electrons. The van der Waals surface area contributed by atoms with Gasteiger partial charge in [-0.2, -0.15) is 0 Å². The third-order valence-electron chi connectivity index (χ3n) is 25.9. The predicted molar refractivity (Wildman–Crippen MR) is 554 cm³/mol. The first-order valence-corrected chi connectivity index (χ1v) is 51.0. The van der Waals surface area contributed by atoms with Gasteiger partial charge in [0.15, 0.2) is 0 Å². The summed E-state index contributed by atoms with van der Waals surface area (Å²) < 4.78 is 0. The Kier molecular flexibility index (Phi) is 77.1. The van der Waals surface area contributed by atoms with Crippen LogP contribution < -0.4 is 58.5 Å². The molecule has 6 atom stereocenters. The Morgan fingerprint density at radius 3 is 0.696 bits per heavy atom. The van der Waals surface area contributed by atoms with Crippen molar-refractivity contribution in [3.63, 3.8) is 0 Å². The molecular weight excluding hydrogens is 1720 g/mol. The zero-order valence-corrected chi connectivity index (χ0v) is 91.4. The van der Waals surface area contributed by atoms with Crippen molar-refractivity contribution >= 4 is 70.5 Å². The molecule has 0 aromatic carbocycles. The molecule has 792 valence electrons. The molecule has 0 aromatic heterocycles. The van der Waals surface area contributed by atoms with E-state index in [2.05, 4.69) is 147 Å². The van der Waals surface area contributed by atoms with Gasteiger partial charge in [-0.3, -0.25) is 57.5 Å². The first-order valence-electron chi connectivity index (χ1n) is 51.0. The molecule has 135 heavy (non-hydrogen) atoms. The fourth-order valence-electron chi connectivity index (χ4n) is 15.0. The van der Waals surface area contributed by atoms with Gasteiger partial charge < -0.3 is 117 Å². The van der Waals surface area contributed by atoms with Crippen molar-refractivity contribution < 1.29 is 57.5 Å². The molecule has 11 N–H and O–H groups in total. The summed E-state index contributed by atoms with van der Waals surface area (Å²) in [6.07, 6.45) is 8.27. The lowest BCUT2D eigenvalue weighted by Gasteiger charge is -2.31. The lowest BCUT2D eigenvalue weighted by Crippen LogP contribution is -2.43. The number of nitrogens with zero attached hydrogens (tertiary/aromatic N) is 12. The molecule has 0 saturated heterocycles. The van der Waals surface area contributed by atoms with E-state index in [4.69, 9.17) is 0 Å². The van der Waals surface area contributed by atoms with Crippen LogP contribution in [0.4, 0.5) is 0 Å². The summed E-state index contributed by atoms with van der Waals surface area (Å²) in [5.74, 6) is -4.49. The summed E-state index contributed by atoms with van der Waals surface area (Å²) in [6.45, 7) is 46.8.